The van der Waals surface area contributed by atoms with Crippen LogP contribution in [0, 0.1) is 5.92 Å². The first-order valence-electron chi connectivity index (χ1n) is 12.5. The molecule has 0 aliphatic heterocycles. The lowest BCUT2D eigenvalue weighted by molar-refractivity contribution is 0.192. The standard InChI is InChI=1S/C31H34NOP/c1-31(2,26-22-21-24-13-9-10-14-25(24)23-26)29-19-11-12-20-30(29)32-34(33,27-15-5-3-6-16-27)28-17-7-4-8-18-28/h3-10,13-18,21-23,29-30H,11-12,19-20H2,1-2H3,(H,32,33)/t29-,30-/m1/s1. The minimum Gasteiger partial charge on any atom is -0.297 e. The predicted octanol–water partition coefficient (Wildman–Crippen LogP) is 7.19. The Balaban J connectivity index is 1.53. The van der Waals surface area contributed by atoms with Crippen LogP contribution in [0.4, 0.5) is 0 Å². The lowest BCUT2D eigenvalue weighted by Crippen LogP contribution is -2.48. The molecule has 1 aliphatic rings. The molecule has 0 heterocycles. The molecule has 0 radical (unpaired) electrons. The van der Waals surface area contributed by atoms with Gasteiger partial charge in [-0.25, -0.2) is 0 Å². The third-order valence-electron chi connectivity index (χ3n) is 7.77. The molecule has 2 nitrogen and oxygen atoms in total. The summed E-state index contributed by atoms with van der Waals surface area (Å²) in [7, 11) is -2.98. The van der Waals surface area contributed by atoms with Gasteiger partial charge in [0, 0.05) is 16.7 Å². The van der Waals surface area contributed by atoms with E-state index in [1.54, 1.807) is 0 Å². The molecule has 1 N–H and O–H groups in total. The van der Waals surface area contributed by atoms with Gasteiger partial charge in [0.2, 0.25) is 7.29 Å². The first-order valence-corrected chi connectivity index (χ1v) is 14.2. The second-order valence-electron chi connectivity index (χ2n) is 10.2. The van der Waals surface area contributed by atoms with Gasteiger partial charge in [-0.3, -0.25) is 9.65 Å². The Morgan fingerprint density at radius 3 is 1.91 bits per heavy atom. The topological polar surface area (TPSA) is 29.1 Å². The minimum absolute atomic E-state index is 0.0413. The molecule has 0 unspecified atom stereocenters. The largest absolute Gasteiger partial charge is 0.297 e. The van der Waals surface area contributed by atoms with Crippen LogP contribution in [0.2, 0.25) is 0 Å². The first-order chi connectivity index (χ1) is 16.5. The highest BCUT2D eigenvalue weighted by Crippen LogP contribution is 2.47. The maximum Gasteiger partial charge on any atom is 0.204 e. The second-order valence-corrected chi connectivity index (χ2v) is 12.7. The number of benzene rings is 4. The van der Waals surface area contributed by atoms with E-state index in [0.717, 1.165) is 23.5 Å². The molecule has 4 aromatic rings. The average molecular weight is 468 g/mol. The Morgan fingerprint density at radius 1 is 0.706 bits per heavy atom. The molecule has 0 amide bonds. The Hall–Kier alpha value is -2.67. The highest BCUT2D eigenvalue weighted by molar-refractivity contribution is 7.76. The molecule has 0 saturated heterocycles. The van der Waals surface area contributed by atoms with Gasteiger partial charge in [-0.2, -0.15) is 0 Å². The summed E-state index contributed by atoms with van der Waals surface area (Å²) in [6.45, 7) is 4.75. The summed E-state index contributed by atoms with van der Waals surface area (Å²) in [6.07, 6.45) is 4.58. The predicted molar refractivity (Wildman–Crippen MR) is 146 cm³/mol. The van der Waals surface area contributed by atoms with Gasteiger partial charge >= 0.3 is 0 Å². The highest BCUT2D eigenvalue weighted by atomic mass is 31.2. The fourth-order valence-corrected chi connectivity index (χ4v) is 8.32. The molecular formula is C31H34NOP. The third kappa shape index (κ3) is 4.38. The van der Waals surface area contributed by atoms with E-state index in [2.05, 4.69) is 61.4 Å². The maximum atomic E-state index is 14.8. The van der Waals surface area contributed by atoms with E-state index in [9.17, 15) is 4.57 Å². The second kappa shape index (κ2) is 9.53. The van der Waals surface area contributed by atoms with E-state index in [0.29, 0.717) is 5.92 Å². The average Bonchev–Trinajstić information content (AvgIpc) is 2.89. The van der Waals surface area contributed by atoms with Crippen LogP contribution in [-0.2, 0) is 9.98 Å². The van der Waals surface area contributed by atoms with Crippen molar-refractivity contribution >= 4 is 28.7 Å². The first kappa shape index (κ1) is 23.1. The Kier molecular flexibility index (Phi) is 6.47. The van der Waals surface area contributed by atoms with Crippen LogP contribution in [-0.4, -0.2) is 6.04 Å². The lowest BCUT2D eigenvalue weighted by atomic mass is 9.65. The van der Waals surface area contributed by atoms with Gasteiger partial charge in [0.1, 0.15) is 0 Å². The molecule has 174 valence electrons. The van der Waals surface area contributed by atoms with Crippen LogP contribution < -0.4 is 15.7 Å². The lowest BCUT2D eigenvalue weighted by Gasteiger charge is -2.44. The molecule has 4 aromatic carbocycles. The summed E-state index contributed by atoms with van der Waals surface area (Å²) >= 11 is 0. The molecular weight excluding hydrogens is 433 g/mol. The van der Waals surface area contributed by atoms with Gasteiger partial charge < -0.3 is 0 Å². The van der Waals surface area contributed by atoms with E-state index in [4.69, 9.17) is 0 Å². The van der Waals surface area contributed by atoms with Gasteiger partial charge in [0.25, 0.3) is 0 Å². The van der Waals surface area contributed by atoms with E-state index < -0.39 is 7.29 Å². The zero-order valence-electron chi connectivity index (χ0n) is 20.2. The van der Waals surface area contributed by atoms with Gasteiger partial charge in [-0.05, 0) is 64.8 Å². The van der Waals surface area contributed by atoms with E-state index in [1.165, 1.54) is 29.2 Å². The highest BCUT2D eigenvalue weighted by Gasteiger charge is 2.41. The normalized spacial score (nSPS) is 19.2. The SMILES string of the molecule is CC(C)(c1ccc2ccccc2c1)[C@@H]1CCCC[C@H]1NP(=O)(c1ccccc1)c1ccccc1. The molecule has 0 bridgehead atoms. The fourth-order valence-electron chi connectivity index (χ4n) is 5.76. The van der Waals surface area contributed by atoms with Gasteiger partial charge in [-0.15, -0.1) is 0 Å². The molecule has 1 saturated carbocycles. The summed E-state index contributed by atoms with van der Waals surface area (Å²) in [6, 6.07) is 35.6. The Labute approximate surface area is 203 Å². The van der Waals surface area contributed by atoms with E-state index >= 15 is 0 Å². The quantitative estimate of drug-likeness (QED) is 0.304. The van der Waals surface area contributed by atoms with Gasteiger partial charge in [0.15, 0.2) is 0 Å². The fraction of sp³-hybridized carbons (Fsp3) is 0.290. The molecule has 2 atom stereocenters. The number of hydrogen-bond donors (Lipinski definition) is 1. The van der Waals surface area contributed by atoms with Crippen molar-refractivity contribution in [2.75, 3.05) is 0 Å². The summed E-state index contributed by atoms with van der Waals surface area (Å²) in [4.78, 5) is 0. The van der Waals surface area contributed by atoms with Crippen LogP contribution >= 0.6 is 7.29 Å². The molecule has 1 aliphatic carbocycles. The number of nitrogens with one attached hydrogen (secondary N) is 1. The van der Waals surface area contributed by atoms with E-state index in [-0.39, 0.29) is 11.5 Å². The van der Waals surface area contributed by atoms with Crippen LogP contribution in [0.3, 0.4) is 0 Å². The third-order valence-corrected chi connectivity index (χ3v) is 10.5. The maximum absolute atomic E-state index is 14.8. The zero-order chi connectivity index (χ0) is 23.6. The number of hydrogen-bond acceptors (Lipinski definition) is 1. The van der Waals surface area contributed by atoms with Crippen LogP contribution in [0.25, 0.3) is 10.8 Å². The van der Waals surface area contributed by atoms with Crippen LogP contribution in [0.1, 0.15) is 45.1 Å². The molecule has 0 spiro atoms. The van der Waals surface area contributed by atoms with Crippen LogP contribution in [0.15, 0.2) is 103 Å². The van der Waals surface area contributed by atoms with Gasteiger partial charge in [-0.1, -0.05) is 106 Å². The summed E-state index contributed by atoms with van der Waals surface area (Å²) in [5.74, 6) is 0.392. The molecule has 34 heavy (non-hydrogen) atoms. The van der Waals surface area contributed by atoms with Crippen molar-refractivity contribution in [1.82, 2.24) is 5.09 Å². The monoisotopic (exact) mass is 467 g/mol. The van der Waals surface area contributed by atoms with Crippen molar-refractivity contribution in [2.24, 2.45) is 5.92 Å². The number of fused-ring (bicyclic) bond motifs is 1. The Morgan fingerprint density at radius 2 is 1.26 bits per heavy atom. The van der Waals surface area contributed by atoms with Crippen molar-refractivity contribution in [1.29, 1.82) is 0 Å². The van der Waals surface area contributed by atoms with Crippen molar-refractivity contribution in [2.45, 2.75) is 51.0 Å². The minimum atomic E-state index is -2.98. The van der Waals surface area contributed by atoms with Crippen molar-refractivity contribution in [3.8, 4) is 0 Å². The van der Waals surface area contributed by atoms with E-state index in [1.807, 2.05) is 60.7 Å². The molecule has 1 fully saturated rings. The number of rotatable bonds is 6. The van der Waals surface area contributed by atoms with Gasteiger partial charge in [0.05, 0.1) is 0 Å². The summed E-state index contributed by atoms with van der Waals surface area (Å²) < 4.78 is 14.8. The summed E-state index contributed by atoms with van der Waals surface area (Å²) in [5, 5.41) is 8.11. The zero-order valence-corrected chi connectivity index (χ0v) is 21.0. The smallest absolute Gasteiger partial charge is 0.204 e. The van der Waals surface area contributed by atoms with Crippen molar-refractivity contribution in [3.05, 3.63) is 109 Å². The molecule has 5 rings (SSSR count). The van der Waals surface area contributed by atoms with Crippen LogP contribution in [0.5, 0.6) is 0 Å². The summed E-state index contributed by atoms with van der Waals surface area (Å²) in [5.41, 5.74) is 1.32. The molecule has 3 heteroatoms. The van der Waals surface area contributed by atoms with Crippen molar-refractivity contribution < 1.29 is 4.57 Å². The molecule has 0 aromatic heterocycles. The van der Waals surface area contributed by atoms with Crippen molar-refractivity contribution in [3.63, 3.8) is 0 Å². The Bertz CT molecular complexity index is 1260.